The average molecular weight is 391 g/mol. The number of hydrogen-bond acceptors (Lipinski definition) is 3. The highest BCUT2D eigenvalue weighted by Crippen LogP contribution is 2.27. The molecule has 0 saturated carbocycles. The van der Waals surface area contributed by atoms with E-state index >= 15 is 0 Å². The highest BCUT2D eigenvalue weighted by molar-refractivity contribution is 5.99. The number of benzene rings is 3. The number of aromatic carboxylic acids is 1. The van der Waals surface area contributed by atoms with Crippen LogP contribution in [0.5, 0.6) is 5.75 Å². The number of hydrogen-bond donors (Lipinski definition) is 2. The first-order valence-corrected chi connectivity index (χ1v) is 9.59. The molecule has 0 radical (unpaired) electrons. The normalized spacial score (nSPS) is 10.9. The van der Waals surface area contributed by atoms with Gasteiger partial charge in [0, 0.05) is 18.5 Å². The Morgan fingerprint density at radius 3 is 2.45 bits per heavy atom. The topological polar surface area (TPSA) is 75.6 Å². The van der Waals surface area contributed by atoms with Gasteiger partial charge in [0.15, 0.2) is 0 Å². The Labute approximate surface area is 170 Å². The summed E-state index contributed by atoms with van der Waals surface area (Å²) in [6.45, 7) is 4.75. The van der Waals surface area contributed by atoms with E-state index in [1.54, 1.807) is 12.1 Å². The van der Waals surface area contributed by atoms with Crippen molar-refractivity contribution in [3.05, 3.63) is 76.9 Å². The number of ether oxygens (including phenoxy) is 1. The number of rotatable bonds is 7. The van der Waals surface area contributed by atoms with Crippen LogP contribution >= 0.6 is 0 Å². The number of carbonyl (C=O) groups is 2. The summed E-state index contributed by atoms with van der Waals surface area (Å²) in [6, 6.07) is 16.6. The van der Waals surface area contributed by atoms with Crippen LogP contribution in [0.2, 0.25) is 0 Å². The molecule has 3 aromatic rings. The monoisotopic (exact) mass is 391 g/mol. The van der Waals surface area contributed by atoms with E-state index in [0.29, 0.717) is 30.2 Å². The molecule has 0 atom stereocenters. The van der Waals surface area contributed by atoms with Gasteiger partial charge >= 0.3 is 5.97 Å². The molecule has 1 amide bonds. The Morgan fingerprint density at radius 1 is 1.00 bits per heavy atom. The van der Waals surface area contributed by atoms with Crippen molar-refractivity contribution in [2.75, 3.05) is 13.7 Å². The maximum absolute atomic E-state index is 12.5. The number of carbonyl (C=O) groups excluding carboxylic acids is 1. The number of nitrogens with one attached hydrogen (secondary N) is 1. The van der Waals surface area contributed by atoms with E-state index in [2.05, 4.69) is 19.2 Å². The van der Waals surface area contributed by atoms with Crippen LogP contribution < -0.4 is 10.1 Å². The van der Waals surface area contributed by atoms with Crippen molar-refractivity contribution in [3.63, 3.8) is 0 Å². The molecule has 0 unspecified atom stereocenters. The maximum atomic E-state index is 12.5. The Kier molecular flexibility index (Phi) is 6.17. The van der Waals surface area contributed by atoms with Crippen molar-refractivity contribution >= 4 is 22.6 Å². The molecular formula is C24H25NO4. The first kappa shape index (κ1) is 20.4. The maximum Gasteiger partial charge on any atom is 0.335 e. The molecule has 0 fully saturated rings. The third kappa shape index (κ3) is 4.74. The zero-order valence-corrected chi connectivity index (χ0v) is 16.9. The van der Waals surface area contributed by atoms with Gasteiger partial charge in [-0.25, -0.2) is 4.79 Å². The van der Waals surface area contributed by atoms with Gasteiger partial charge in [0.25, 0.3) is 5.91 Å². The number of methoxy groups -OCH3 is 1. The second-order valence-corrected chi connectivity index (χ2v) is 7.47. The number of amides is 1. The molecule has 5 heteroatoms. The molecule has 0 aliphatic heterocycles. The largest absolute Gasteiger partial charge is 0.496 e. The summed E-state index contributed by atoms with van der Waals surface area (Å²) in [5.41, 5.74) is 2.74. The first-order chi connectivity index (χ1) is 13.9. The molecule has 0 aliphatic carbocycles. The lowest BCUT2D eigenvalue weighted by molar-refractivity contribution is 0.0696. The summed E-state index contributed by atoms with van der Waals surface area (Å²) in [7, 11) is 1.53. The minimum Gasteiger partial charge on any atom is -0.496 e. The molecule has 0 bridgehead atoms. The van der Waals surface area contributed by atoms with E-state index < -0.39 is 5.97 Å². The molecule has 2 N–H and O–H groups in total. The smallest absolute Gasteiger partial charge is 0.335 e. The first-order valence-electron chi connectivity index (χ1n) is 9.59. The van der Waals surface area contributed by atoms with Crippen molar-refractivity contribution in [1.29, 1.82) is 0 Å². The summed E-state index contributed by atoms with van der Waals surface area (Å²) in [4.78, 5) is 23.7. The molecule has 0 spiro atoms. The molecule has 29 heavy (non-hydrogen) atoms. The van der Waals surface area contributed by atoms with Crippen molar-refractivity contribution in [3.8, 4) is 5.75 Å². The van der Waals surface area contributed by atoms with Crippen LogP contribution in [0.4, 0.5) is 0 Å². The predicted octanol–water partition coefficient (Wildman–Crippen LogP) is 4.52. The minimum atomic E-state index is -0.989. The summed E-state index contributed by atoms with van der Waals surface area (Å²) in [5.74, 6) is -0.153. The molecule has 150 valence electrons. The van der Waals surface area contributed by atoms with Crippen LogP contribution in [0.25, 0.3) is 10.8 Å². The van der Waals surface area contributed by atoms with Crippen molar-refractivity contribution < 1.29 is 19.4 Å². The van der Waals surface area contributed by atoms with Gasteiger partial charge in [0.1, 0.15) is 5.75 Å². The predicted molar refractivity (Wildman–Crippen MR) is 114 cm³/mol. The molecule has 5 nitrogen and oxygen atoms in total. The van der Waals surface area contributed by atoms with Gasteiger partial charge in [-0.1, -0.05) is 44.2 Å². The van der Waals surface area contributed by atoms with Gasteiger partial charge in [-0.3, -0.25) is 4.79 Å². The standard InChI is InChI=1S/C24H25NO4/c1-15(2)14-25-23(26)19-9-7-16-5-4-6-17(21(16)12-19)11-18-8-10-20(24(27)28)13-22(18)29-3/h4-10,12-13,15H,11,14H2,1-3H3,(H,25,26)(H,27,28). The molecule has 0 aromatic heterocycles. The summed E-state index contributed by atoms with van der Waals surface area (Å²) >= 11 is 0. The van der Waals surface area contributed by atoms with Gasteiger partial charge in [0.2, 0.25) is 0 Å². The summed E-state index contributed by atoms with van der Waals surface area (Å²) < 4.78 is 5.41. The summed E-state index contributed by atoms with van der Waals surface area (Å²) in [6.07, 6.45) is 0.567. The Balaban J connectivity index is 1.96. The highest BCUT2D eigenvalue weighted by atomic mass is 16.5. The van der Waals surface area contributed by atoms with Crippen LogP contribution in [0.3, 0.4) is 0 Å². The van der Waals surface area contributed by atoms with E-state index in [9.17, 15) is 14.7 Å². The van der Waals surface area contributed by atoms with E-state index in [4.69, 9.17) is 4.74 Å². The zero-order chi connectivity index (χ0) is 21.0. The number of carboxylic acid groups (broad SMARTS) is 1. The van der Waals surface area contributed by atoms with Crippen molar-refractivity contribution in [2.24, 2.45) is 5.92 Å². The Bertz CT molecular complexity index is 1060. The fraction of sp³-hybridized carbons (Fsp3) is 0.250. The van der Waals surface area contributed by atoms with Gasteiger partial charge in [-0.2, -0.15) is 0 Å². The second-order valence-electron chi connectivity index (χ2n) is 7.47. The SMILES string of the molecule is COc1cc(C(=O)O)ccc1Cc1cccc2ccc(C(=O)NCC(C)C)cc12. The molecule has 0 heterocycles. The molecule has 3 aromatic carbocycles. The van der Waals surface area contributed by atoms with Crippen molar-refractivity contribution in [2.45, 2.75) is 20.3 Å². The quantitative estimate of drug-likeness (QED) is 0.621. The fourth-order valence-electron chi connectivity index (χ4n) is 3.26. The number of carboxylic acids is 1. The lowest BCUT2D eigenvalue weighted by Gasteiger charge is -2.13. The van der Waals surface area contributed by atoms with Crippen LogP contribution in [-0.2, 0) is 6.42 Å². The van der Waals surface area contributed by atoms with E-state index in [1.807, 2.05) is 36.4 Å². The Morgan fingerprint density at radius 2 is 1.76 bits per heavy atom. The van der Waals surface area contributed by atoms with Crippen LogP contribution in [0, 0.1) is 5.92 Å². The molecule has 0 aliphatic rings. The van der Waals surface area contributed by atoms with E-state index in [0.717, 1.165) is 21.9 Å². The Hall–Kier alpha value is -3.34. The van der Waals surface area contributed by atoms with Crippen molar-refractivity contribution in [1.82, 2.24) is 5.32 Å². The molecular weight excluding hydrogens is 366 g/mol. The average Bonchev–Trinajstić information content (AvgIpc) is 2.72. The molecule has 3 rings (SSSR count). The molecule has 0 saturated heterocycles. The van der Waals surface area contributed by atoms with Crippen LogP contribution in [-0.4, -0.2) is 30.6 Å². The third-order valence-electron chi connectivity index (χ3n) is 4.82. The zero-order valence-electron chi connectivity index (χ0n) is 16.9. The third-order valence-corrected chi connectivity index (χ3v) is 4.82. The number of fused-ring (bicyclic) bond motifs is 1. The summed E-state index contributed by atoms with van der Waals surface area (Å²) in [5, 5.41) is 14.2. The van der Waals surface area contributed by atoms with E-state index in [-0.39, 0.29) is 11.5 Å². The minimum absolute atomic E-state index is 0.0844. The highest BCUT2D eigenvalue weighted by Gasteiger charge is 2.13. The van der Waals surface area contributed by atoms with Gasteiger partial charge in [-0.05, 0) is 52.1 Å². The van der Waals surface area contributed by atoms with Gasteiger partial charge < -0.3 is 15.2 Å². The lowest BCUT2D eigenvalue weighted by atomic mass is 9.96. The van der Waals surface area contributed by atoms with Crippen LogP contribution in [0.1, 0.15) is 45.7 Å². The van der Waals surface area contributed by atoms with Gasteiger partial charge in [0.05, 0.1) is 12.7 Å². The fourth-order valence-corrected chi connectivity index (χ4v) is 3.26. The van der Waals surface area contributed by atoms with Gasteiger partial charge in [-0.15, -0.1) is 0 Å². The second kappa shape index (κ2) is 8.78. The van der Waals surface area contributed by atoms with Crippen LogP contribution in [0.15, 0.2) is 54.6 Å². The lowest BCUT2D eigenvalue weighted by Crippen LogP contribution is -2.27. The van der Waals surface area contributed by atoms with E-state index in [1.165, 1.54) is 13.2 Å².